The van der Waals surface area contributed by atoms with E-state index in [4.69, 9.17) is 33.0 Å². The van der Waals surface area contributed by atoms with Gasteiger partial charge < -0.3 is 9.84 Å². The Morgan fingerprint density at radius 1 is 1.08 bits per heavy atom. The van der Waals surface area contributed by atoms with E-state index in [1.807, 2.05) is 18.2 Å². The number of hydrogen-bond donors (Lipinski definition) is 1. The fourth-order valence-electron chi connectivity index (χ4n) is 3.18. The Kier molecular flexibility index (Phi) is 8.47. The smallest absolute Gasteiger partial charge is 0.335 e. The highest BCUT2D eigenvalue weighted by Gasteiger charge is 2.30. The predicted octanol–water partition coefficient (Wildman–Crippen LogP) is 8.03. The van der Waals surface area contributed by atoms with Gasteiger partial charge in [0.1, 0.15) is 12.4 Å². The lowest BCUT2D eigenvalue weighted by atomic mass is 10.2. The molecule has 0 saturated carbocycles. The van der Waals surface area contributed by atoms with Gasteiger partial charge in [-0.05, 0) is 109 Å². The van der Waals surface area contributed by atoms with E-state index in [2.05, 4.69) is 36.9 Å². The van der Waals surface area contributed by atoms with Gasteiger partial charge in [0.15, 0.2) is 5.17 Å². The van der Waals surface area contributed by atoms with Crippen LogP contribution in [0.3, 0.4) is 0 Å². The minimum absolute atomic E-state index is 0.170. The molecule has 1 heterocycles. The van der Waals surface area contributed by atoms with Crippen LogP contribution in [0.15, 0.2) is 73.4 Å². The van der Waals surface area contributed by atoms with Crippen LogP contribution in [0.4, 0.5) is 5.69 Å². The number of aromatic carboxylic acids is 1. The zero-order chi connectivity index (χ0) is 26.0. The van der Waals surface area contributed by atoms with Crippen molar-refractivity contribution in [2.45, 2.75) is 6.61 Å². The maximum absolute atomic E-state index is 12.8. The number of carboxylic acid groups (broad SMARTS) is 1. The van der Waals surface area contributed by atoms with E-state index in [1.165, 1.54) is 28.8 Å². The third-order valence-corrected chi connectivity index (χ3v) is 8.01. The fraction of sp³-hybridized carbons (Fsp3) is 0.0800. The highest BCUT2D eigenvalue weighted by molar-refractivity contribution is 9.11. The molecule has 1 N–H and O–H groups in total. The second-order valence-electron chi connectivity index (χ2n) is 7.57. The molecule has 4 rings (SSSR count). The Hall–Kier alpha value is -2.30. The highest BCUT2D eigenvalue weighted by Crippen LogP contribution is 2.38. The first-order valence-electron chi connectivity index (χ1n) is 10.3. The predicted molar refractivity (Wildman–Crippen MR) is 151 cm³/mol. The summed E-state index contributed by atoms with van der Waals surface area (Å²) in [6.07, 6.45) is 1.78. The van der Waals surface area contributed by atoms with Gasteiger partial charge in [-0.2, -0.15) is 0 Å². The summed E-state index contributed by atoms with van der Waals surface area (Å²) >= 11 is 20.4. The van der Waals surface area contributed by atoms with Crippen LogP contribution >= 0.6 is 66.8 Å². The van der Waals surface area contributed by atoms with Gasteiger partial charge in [0.05, 0.1) is 35.1 Å². The molecule has 36 heavy (non-hydrogen) atoms. The Bertz CT molecular complexity index is 1410. The highest BCUT2D eigenvalue weighted by atomic mass is 79.9. The summed E-state index contributed by atoms with van der Waals surface area (Å²) in [6, 6.07) is 15.2. The average molecular weight is 671 g/mol. The van der Waals surface area contributed by atoms with Crippen molar-refractivity contribution in [1.82, 2.24) is 4.90 Å². The largest absolute Gasteiger partial charge is 0.487 e. The Morgan fingerprint density at radius 2 is 1.75 bits per heavy atom. The standard InChI is InChI=1S/C25H16Br2Cl2N2O4S/c1-31-23(32)21(36-25(31)30-16-5-3-15(4-6-16)24(33)34)11-14-8-17(26)22(18(27)9-14)35-12-13-2-7-19(28)20(29)10-13/h2-11H,12H2,1H3,(H,33,34). The number of nitrogens with zero attached hydrogens (tertiary/aromatic N) is 2. The fourth-order valence-corrected chi connectivity index (χ4v) is 5.94. The molecule has 184 valence electrons. The van der Waals surface area contributed by atoms with Gasteiger partial charge >= 0.3 is 5.97 Å². The van der Waals surface area contributed by atoms with E-state index in [0.29, 0.717) is 47.1 Å². The zero-order valence-electron chi connectivity index (χ0n) is 18.5. The molecule has 0 atom stereocenters. The molecule has 0 radical (unpaired) electrons. The molecule has 3 aromatic rings. The third kappa shape index (κ3) is 6.15. The molecule has 1 aliphatic rings. The van der Waals surface area contributed by atoms with Crippen LogP contribution in [-0.4, -0.2) is 34.1 Å². The Balaban J connectivity index is 1.52. The number of aliphatic imine (C=N–C) groups is 1. The number of carbonyl (C=O) groups is 2. The van der Waals surface area contributed by atoms with Crippen LogP contribution in [0.1, 0.15) is 21.5 Å². The molecule has 1 amide bonds. The first kappa shape index (κ1) is 26.8. The van der Waals surface area contributed by atoms with Crippen LogP contribution in [-0.2, 0) is 11.4 Å². The van der Waals surface area contributed by atoms with Crippen LogP contribution < -0.4 is 4.74 Å². The lowest BCUT2D eigenvalue weighted by Gasteiger charge is -2.12. The minimum Gasteiger partial charge on any atom is -0.487 e. The second kappa shape index (κ2) is 11.4. The molecule has 0 spiro atoms. The molecule has 0 unspecified atom stereocenters. The van der Waals surface area contributed by atoms with Crippen molar-refractivity contribution in [3.8, 4) is 5.75 Å². The van der Waals surface area contributed by atoms with Gasteiger partial charge in [0.2, 0.25) is 0 Å². The lowest BCUT2D eigenvalue weighted by molar-refractivity contribution is -0.121. The quantitative estimate of drug-likeness (QED) is 0.269. The van der Waals surface area contributed by atoms with Gasteiger partial charge in [-0.15, -0.1) is 0 Å². The maximum Gasteiger partial charge on any atom is 0.335 e. The summed E-state index contributed by atoms with van der Waals surface area (Å²) in [5.41, 5.74) is 2.38. The molecule has 6 nitrogen and oxygen atoms in total. The number of benzene rings is 3. The monoisotopic (exact) mass is 668 g/mol. The Morgan fingerprint density at radius 3 is 2.36 bits per heavy atom. The van der Waals surface area contributed by atoms with Crippen molar-refractivity contribution in [3.63, 3.8) is 0 Å². The van der Waals surface area contributed by atoms with Crippen molar-refractivity contribution >= 4 is 95.6 Å². The molecule has 1 fully saturated rings. The molecule has 1 saturated heterocycles. The summed E-state index contributed by atoms with van der Waals surface area (Å²) in [5, 5.41) is 10.5. The molecular weight excluding hydrogens is 655 g/mol. The normalized spacial score (nSPS) is 15.7. The summed E-state index contributed by atoms with van der Waals surface area (Å²) in [7, 11) is 1.65. The Labute approximate surface area is 238 Å². The topological polar surface area (TPSA) is 79.2 Å². The van der Waals surface area contributed by atoms with Crippen molar-refractivity contribution in [2.24, 2.45) is 4.99 Å². The summed E-state index contributed by atoms with van der Waals surface area (Å²) in [6.45, 7) is 0.293. The molecule has 3 aromatic carbocycles. The van der Waals surface area contributed by atoms with Gasteiger partial charge in [-0.25, -0.2) is 9.79 Å². The summed E-state index contributed by atoms with van der Waals surface area (Å²) < 4.78 is 7.38. The first-order valence-corrected chi connectivity index (χ1v) is 13.4. The molecule has 1 aliphatic heterocycles. The summed E-state index contributed by atoms with van der Waals surface area (Å²) in [5.74, 6) is -0.587. The number of likely N-dealkylation sites (N-methyl/N-ethyl adjacent to an activating group) is 1. The van der Waals surface area contributed by atoms with Crippen molar-refractivity contribution in [2.75, 3.05) is 7.05 Å². The number of halogens is 4. The van der Waals surface area contributed by atoms with Crippen molar-refractivity contribution in [3.05, 3.63) is 95.2 Å². The van der Waals surface area contributed by atoms with Crippen LogP contribution in [0, 0.1) is 0 Å². The molecule has 0 aliphatic carbocycles. The van der Waals surface area contributed by atoms with E-state index in [0.717, 1.165) is 11.1 Å². The summed E-state index contributed by atoms with van der Waals surface area (Å²) in [4.78, 5) is 30.3. The van der Waals surface area contributed by atoms with E-state index < -0.39 is 5.97 Å². The SMILES string of the molecule is CN1C(=O)C(=Cc2cc(Br)c(OCc3ccc(Cl)c(Cl)c3)c(Br)c2)SC1=Nc1ccc(C(=O)O)cc1. The molecule has 0 bridgehead atoms. The molecular formula is C25H16Br2Cl2N2O4S. The van der Waals surface area contributed by atoms with E-state index in [1.54, 1.807) is 37.4 Å². The average Bonchev–Trinajstić information content (AvgIpc) is 3.08. The third-order valence-electron chi connectivity index (χ3n) is 5.03. The number of carbonyl (C=O) groups excluding carboxylic acids is 1. The number of carboxylic acids is 1. The maximum atomic E-state index is 12.8. The number of ether oxygens (including phenoxy) is 1. The lowest BCUT2D eigenvalue weighted by Crippen LogP contribution is -2.23. The number of thioether (sulfide) groups is 1. The van der Waals surface area contributed by atoms with Crippen molar-refractivity contribution < 1.29 is 19.4 Å². The number of rotatable bonds is 6. The first-order chi connectivity index (χ1) is 17.1. The molecule has 0 aromatic heterocycles. The zero-order valence-corrected chi connectivity index (χ0v) is 24.0. The van der Waals surface area contributed by atoms with Crippen molar-refractivity contribution in [1.29, 1.82) is 0 Å². The second-order valence-corrected chi connectivity index (χ2v) is 11.1. The van der Waals surface area contributed by atoms with E-state index in [9.17, 15) is 9.59 Å². The van der Waals surface area contributed by atoms with Gasteiger partial charge in [0.25, 0.3) is 5.91 Å². The van der Waals surface area contributed by atoms with Crippen LogP contribution in [0.5, 0.6) is 5.75 Å². The number of amidine groups is 1. The van der Waals surface area contributed by atoms with Crippen LogP contribution in [0.25, 0.3) is 6.08 Å². The van der Waals surface area contributed by atoms with Crippen LogP contribution in [0.2, 0.25) is 10.0 Å². The van der Waals surface area contributed by atoms with E-state index >= 15 is 0 Å². The van der Waals surface area contributed by atoms with E-state index in [-0.39, 0.29) is 11.5 Å². The van der Waals surface area contributed by atoms with Gasteiger partial charge in [0, 0.05) is 7.05 Å². The number of amides is 1. The van der Waals surface area contributed by atoms with Gasteiger partial charge in [-0.3, -0.25) is 9.69 Å². The minimum atomic E-state index is -1.01. The number of hydrogen-bond acceptors (Lipinski definition) is 5. The molecule has 11 heteroatoms. The van der Waals surface area contributed by atoms with Gasteiger partial charge in [-0.1, -0.05) is 29.3 Å².